The van der Waals surface area contributed by atoms with Crippen LogP contribution >= 0.6 is 0 Å². The van der Waals surface area contributed by atoms with Crippen molar-refractivity contribution in [3.8, 4) is 11.5 Å². The molecule has 1 N–H and O–H groups in total. The molecular weight excluding hydrogens is 380 g/mol. The van der Waals surface area contributed by atoms with Gasteiger partial charge in [0.25, 0.3) is 5.91 Å². The Kier molecular flexibility index (Phi) is 7.83. The SMILES string of the molecule is CCN(CC)S(=O)(=O)c1ccc(OC)c(C(=O)NCCOc2ccccc2)c1. The van der Waals surface area contributed by atoms with Crippen molar-refractivity contribution in [2.45, 2.75) is 18.7 Å². The van der Waals surface area contributed by atoms with Crippen LogP contribution in [0.3, 0.4) is 0 Å². The first-order chi connectivity index (χ1) is 13.4. The van der Waals surface area contributed by atoms with Crippen LogP contribution in [0.5, 0.6) is 11.5 Å². The van der Waals surface area contributed by atoms with Crippen molar-refractivity contribution in [1.29, 1.82) is 0 Å². The number of methoxy groups -OCH3 is 1. The minimum atomic E-state index is -3.67. The zero-order valence-electron chi connectivity index (χ0n) is 16.3. The number of amides is 1. The zero-order valence-corrected chi connectivity index (χ0v) is 17.2. The van der Waals surface area contributed by atoms with E-state index in [4.69, 9.17) is 9.47 Å². The summed E-state index contributed by atoms with van der Waals surface area (Å²) >= 11 is 0. The molecule has 0 unspecified atom stereocenters. The number of nitrogens with one attached hydrogen (secondary N) is 1. The lowest BCUT2D eigenvalue weighted by atomic mass is 10.2. The van der Waals surface area contributed by atoms with Crippen LogP contribution in [-0.2, 0) is 10.0 Å². The maximum atomic E-state index is 12.7. The summed E-state index contributed by atoms with van der Waals surface area (Å²) in [5.74, 6) is 0.590. The largest absolute Gasteiger partial charge is 0.496 e. The number of ether oxygens (including phenoxy) is 2. The molecular formula is C20H26N2O5S. The molecule has 2 rings (SSSR count). The van der Waals surface area contributed by atoms with Crippen molar-refractivity contribution in [2.24, 2.45) is 0 Å². The third-order valence-electron chi connectivity index (χ3n) is 4.16. The van der Waals surface area contributed by atoms with E-state index in [1.165, 1.54) is 29.6 Å². The van der Waals surface area contributed by atoms with Gasteiger partial charge in [-0.1, -0.05) is 32.0 Å². The summed E-state index contributed by atoms with van der Waals surface area (Å²) in [6.07, 6.45) is 0. The average Bonchev–Trinajstić information content (AvgIpc) is 2.72. The molecule has 2 aromatic carbocycles. The molecule has 0 heterocycles. The quantitative estimate of drug-likeness (QED) is 0.613. The Hall–Kier alpha value is -2.58. The van der Waals surface area contributed by atoms with Crippen LogP contribution in [0.15, 0.2) is 53.4 Å². The number of carbonyl (C=O) groups excluding carboxylic acids is 1. The van der Waals surface area contributed by atoms with Crippen LogP contribution < -0.4 is 14.8 Å². The maximum Gasteiger partial charge on any atom is 0.255 e. The van der Waals surface area contributed by atoms with Crippen LogP contribution in [-0.4, -0.2) is 52.0 Å². The monoisotopic (exact) mass is 406 g/mol. The van der Waals surface area contributed by atoms with Crippen molar-refractivity contribution >= 4 is 15.9 Å². The van der Waals surface area contributed by atoms with Gasteiger partial charge in [0.1, 0.15) is 18.1 Å². The molecule has 0 aliphatic rings. The first-order valence-corrected chi connectivity index (χ1v) is 10.5. The highest BCUT2D eigenvalue weighted by Gasteiger charge is 2.24. The first-order valence-electron chi connectivity index (χ1n) is 9.08. The van der Waals surface area contributed by atoms with E-state index in [2.05, 4.69) is 5.32 Å². The summed E-state index contributed by atoms with van der Waals surface area (Å²) in [5.41, 5.74) is 0.162. The molecule has 0 fully saturated rings. The fraction of sp³-hybridized carbons (Fsp3) is 0.350. The number of hydrogen-bond donors (Lipinski definition) is 1. The minimum Gasteiger partial charge on any atom is -0.496 e. The fourth-order valence-electron chi connectivity index (χ4n) is 2.68. The van der Waals surface area contributed by atoms with E-state index in [1.54, 1.807) is 13.8 Å². The molecule has 8 heteroatoms. The molecule has 0 aliphatic heterocycles. The van der Waals surface area contributed by atoms with Gasteiger partial charge in [0.15, 0.2) is 0 Å². The van der Waals surface area contributed by atoms with Gasteiger partial charge < -0.3 is 14.8 Å². The molecule has 0 saturated carbocycles. The van der Waals surface area contributed by atoms with Gasteiger partial charge in [-0.3, -0.25) is 4.79 Å². The maximum absolute atomic E-state index is 12.7. The summed E-state index contributed by atoms with van der Waals surface area (Å²) < 4.78 is 37.5. The van der Waals surface area contributed by atoms with Crippen molar-refractivity contribution in [3.05, 3.63) is 54.1 Å². The van der Waals surface area contributed by atoms with Crippen molar-refractivity contribution in [3.63, 3.8) is 0 Å². The molecule has 0 bridgehead atoms. The number of sulfonamides is 1. The predicted molar refractivity (Wildman–Crippen MR) is 107 cm³/mol. The topological polar surface area (TPSA) is 84.9 Å². The van der Waals surface area contributed by atoms with Crippen LogP contribution in [0.4, 0.5) is 0 Å². The second-order valence-electron chi connectivity index (χ2n) is 5.87. The normalized spacial score (nSPS) is 11.3. The van der Waals surface area contributed by atoms with Gasteiger partial charge in [0, 0.05) is 13.1 Å². The van der Waals surface area contributed by atoms with Crippen molar-refractivity contribution < 1.29 is 22.7 Å². The molecule has 0 aromatic heterocycles. The standard InChI is InChI=1S/C20H26N2O5S/c1-4-22(5-2)28(24,25)17-11-12-19(26-3)18(15-17)20(23)21-13-14-27-16-9-7-6-8-10-16/h6-12,15H,4-5,13-14H2,1-3H3,(H,21,23). The lowest BCUT2D eigenvalue weighted by Gasteiger charge is -2.19. The number of nitrogens with zero attached hydrogens (tertiary/aromatic N) is 1. The summed E-state index contributed by atoms with van der Waals surface area (Å²) in [5, 5.41) is 2.73. The van der Waals surface area contributed by atoms with E-state index >= 15 is 0 Å². The first kappa shape index (κ1) is 21.7. The Balaban J connectivity index is 2.11. The molecule has 28 heavy (non-hydrogen) atoms. The van der Waals surface area contributed by atoms with Gasteiger partial charge in [-0.2, -0.15) is 4.31 Å². The van der Waals surface area contributed by atoms with E-state index in [0.29, 0.717) is 24.6 Å². The summed E-state index contributed by atoms with van der Waals surface area (Å²) in [4.78, 5) is 12.6. The zero-order chi connectivity index (χ0) is 20.6. The van der Waals surface area contributed by atoms with Crippen molar-refractivity contribution in [2.75, 3.05) is 33.4 Å². The second kappa shape index (κ2) is 10.1. The minimum absolute atomic E-state index is 0.0580. The Morgan fingerprint density at radius 1 is 1.07 bits per heavy atom. The van der Waals surface area contributed by atoms with Gasteiger partial charge in [-0.25, -0.2) is 8.42 Å². The highest BCUT2D eigenvalue weighted by atomic mass is 32.2. The Morgan fingerprint density at radius 2 is 1.75 bits per heavy atom. The highest BCUT2D eigenvalue weighted by Crippen LogP contribution is 2.24. The number of hydrogen-bond acceptors (Lipinski definition) is 5. The Morgan fingerprint density at radius 3 is 2.36 bits per heavy atom. The van der Waals surface area contributed by atoms with Crippen LogP contribution in [0.25, 0.3) is 0 Å². The van der Waals surface area contributed by atoms with E-state index < -0.39 is 15.9 Å². The molecule has 7 nitrogen and oxygen atoms in total. The highest BCUT2D eigenvalue weighted by molar-refractivity contribution is 7.89. The van der Waals surface area contributed by atoms with E-state index in [-0.39, 0.29) is 23.6 Å². The smallest absolute Gasteiger partial charge is 0.255 e. The lowest BCUT2D eigenvalue weighted by Crippen LogP contribution is -2.31. The number of para-hydroxylation sites is 1. The third-order valence-corrected chi connectivity index (χ3v) is 6.20. The Bertz CT molecular complexity index is 881. The molecule has 0 spiro atoms. The molecule has 0 aliphatic carbocycles. The number of carbonyl (C=O) groups is 1. The third kappa shape index (κ3) is 5.24. The summed E-state index contributed by atoms with van der Waals surface area (Å²) in [7, 11) is -2.24. The number of rotatable bonds is 10. The molecule has 0 saturated heterocycles. The molecule has 2 aromatic rings. The van der Waals surface area contributed by atoms with Crippen LogP contribution in [0, 0.1) is 0 Å². The predicted octanol–water partition coefficient (Wildman–Crippen LogP) is 2.53. The van der Waals surface area contributed by atoms with Crippen LogP contribution in [0.2, 0.25) is 0 Å². The molecule has 1 amide bonds. The lowest BCUT2D eigenvalue weighted by molar-refractivity contribution is 0.0943. The van der Waals surface area contributed by atoms with Gasteiger partial charge >= 0.3 is 0 Å². The Labute approximate surface area is 166 Å². The van der Waals surface area contributed by atoms with E-state index in [9.17, 15) is 13.2 Å². The van der Waals surface area contributed by atoms with Gasteiger partial charge in [-0.05, 0) is 30.3 Å². The molecule has 0 atom stereocenters. The van der Waals surface area contributed by atoms with E-state index in [0.717, 1.165) is 0 Å². The molecule has 152 valence electrons. The van der Waals surface area contributed by atoms with E-state index in [1.807, 2.05) is 30.3 Å². The van der Waals surface area contributed by atoms with Gasteiger partial charge in [-0.15, -0.1) is 0 Å². The molecule has 0 radical (unpaired) electrons. The summed E-state index contributed by atoms with van der Waals surface area (Å²) in [6, 6.07) is 13.5. The number of benzene rings is 2. The van der Waals surface area contributed by atoms with Crippen LogP contribution in [0.1, 0.15) is 24.2 Å². The van der Waals surface area contributed by atoms with Crippen molar-refractivity contribution in [1.82, 2.24) is 9.62 Å². The average molecular weight is 407 g/mol. The second-order valence-corrected chi connectivity index (χ2v) is 7.81. The van der Waals surface area contributed by atoms with Gasteiger partial charge in [0.05, 0.1) is 24.1 Å². The van der Waals surface area contributed by atoms with Gasteiger partial charge in [0.2, 0.25) is 10.0 Å². The summed E-state index contributed by atoms with van der Waals surface area (Å²) in [6.45, 7) is 4.79. The fourth-order valence-corrected chi connectivity index (χ4v) is 4.17.